The molecule has 1 N–H and O–H groups in total. The van der Waals surface area contributed by atoms with Gasteiger partial charge in [0.2, 0.25) is 0 Å². The summed E-state index contributed by atoms with van der Waals surface area (Å²) in [5, 5.41) is 3.48. The van der Waals surface area contributed by atoms with Crippen LogP contribution in [0, 0.1) is 11.8 Å². The Balaban J connectivity index is 1.62. The van der Waals surface area contributed by atoms with Gasteiger partial charge in [-0.3, -0.25) is 4.79 Å². The van der Waals surface area contributed by atoms with E-state index in [1.165, 1.54) is 23.3 Å². The number of amides is 1. The zero-order valence-electron chi connectivity index (χ0n) is 12.2. The second-order valence-corrected chi connectivity index (χ2v) is 8.14. The van der Waals surface area contributed by atoms with Crippen LogP contribution in [0.5, 0.6) is 0 Å². The summed E-state index contributed by atoms with van der Waals surface area (Å²) in [6, 6.07) is 2.16. The third-order valence-corrected chi connectivity index (χ3v) is 6.79. The van der Waals surface area contributed by atoms with Crippen LogP contribution >= 0.6 is 11.3 Å². The van der Waals surface area contributed by atoms with Gasteiger partial charge >= 0.3 is 0 Å². The summed E-state index contributed by atoms with van der Waals surface area (Å²) in [6.45, 7) is 7.53. The molecule has 1 aromatic heterocycles. The molecular weight excluding hydrogens is 268 g/mol. The van der Waals surface area contributed by atoms with Crippen LogP contribution in [0.3, 0.4) is 0 Å². The van der Waals surface area contributed by atoms with Crippen LogP contribution in [0.15, 0.2) is 6.07 Å². The molecule has 2 fully saturated rings. The van der Waals surface area contributed by atoms with Gasteiger partial charge in [0.25, 0.3) is 5.91 Å². The predicted molar refractivity (Wildman–Crippen MR) is 81.3 cm³/mol. The second-order valence-electron chi connectivity index (χ2n) is 7.01. The molecule has 2 atom stereocenters. The van der Waals surface area contributed by atoms with Gasteiger partial charge in [0, 0.05) is 30.1 Å². The minimum Gasteiger partial charge on any atom is -0.332 e. The Kier molecular flexibility index (Phi) is 2.77. The maximum atomic E-state index is 12.9. The summed E-state index contributed by atoms with van der Waals surface area (Å²) >= 11 is 1.74. The van der Waals surface area contributed by atoms with Crippen LogP contribution in [-0.2, 0) is 12.8 Å². The largest absolute Gasteiger partial charge is 0.332 e. The van der Waals surface area contributed by atoms with Gasteiger partial charge in [0.1, 0.15) is 0 Å². The minimum atomic E-state index is -0.0142. The number of carbonyl (C=O) groups excluding carboxylic acids is 1. The van der Waals surface area contributed by atoms with Gasteiger partial charge in [0.15, 0.2) is 0 Å². The Morgan fingerprint density at radius 1 is 1.40 bits per heavy atom. The van der Waals surface area contributed by atoms with Crippen LogP contribution < -0.4 is 5.32 Å². The zero-order valence-corrected chi connectivity index (χ0v) is 13.1. The first kappa shape index (κ1) is 12.8. The average Bonchev–Trinajstić information content (AvgIpc) is 3.10. The Morgan fingerprint density at radius 2 is 2.25 bits per heavy atom. The molecule has 1 amide bonds. The SMILES string of the molecule is CC1(C)C2CNCC2CN1C(=O)c1cc2c(s1)CCC2. The molecule has 0 spiro atoms. The molecule has 3 nitrogen and oxygen atoms in total. The summed E-state index contributed by atoms with van der Waals surface area (Å²) < 4.78 is 0. The topological polar surface area (TPSA) is 32.3 Å². The molecule has 1 aliphatic carbocycles. The monoisotopic (exact) mass is 290 g/mol. The van der Waals surface area contributed by atoms with Gasteiger partial charge in [-0.2, -0.15) is 0 Å². The number of hydrogen-bond donors (Lipinski definition) is 1. The van der Waals surface area contributed by atoms with Crippen LogP contribution in [0.4, 0.5) is 0 Å². The molecule has 0 aromatic carbocycles. The first-order chi connectivity index (χ1) is 9.57. The van der Waals surface area contributed by atoms with E-state index in [0.29, 0.717) is 11.8 Å². The predicted octanol–water partition coefficient (Wildman–Crippen LogP) is 2.31. The number of rotatable bonds is 1. The van der Waals surface area contributed by atoms with E-state index >= 15 is 0 Å². The van der Waals surface area contributed by atoms with Crippen molar-refractivity contribution >= 4 is 17.2 Å². The molecular formula is C16H22N2OS. The quantitative estimate of drug-likeness (QED) is 0.861. The van der Waals surface area contributed by atoms with E-state index in [1.807, 2.05) is 0 Å². The highest BCUT2D eigenvalue weighted by molar-refractivity contribution is 7.14. The Morgan fingerprint density at radius 3 is 3.00 bits per heavy atom. The third kappa shape index (κ3) is 1.70. The summed E-state index contributed by atoms with van der Waals surface area (Å²) in [5.41, 5.74) is 1.41. The number of fused-ring (bicyclic) bond motifs is 2. The molecule has 108 valence electrons. The lowest BCUT2D eigenvalue weighted by Gasteiger charge is -2.35. The lowest BCUT2D eigenvalue weighted by Crippen LogP contribution is -2.47. The van der Waals surface area contributed by atoms with E-state index in [2.05, 4.69) is 30.1 Å². The van der Waals surface area contributed by atoms with Crippen LogP contribution in [-0.4, -0.2) is 36.0 Å². The molecule has 0 bridgehead atoms. The van der Waals surface area contributed by atoms with Gasteiger partial charge in [-0.25, -0.2) is 0 Å². The Bertz CT molecular complexity index is 541. The van der Waals surface area contributed by atoms with Crippen LogP contribution in [0.25, 0.3) is 0 Å². The van der Waals surface area contributed by atoms with E-state index in [1.54, 1.807) is 11.3 Å². The van der Waals surface area contributed by atoms with Gasteiger partial charge in [-0.1, -0.05) is 0 Å². The normalized spacial score (nSPS) is 30.6. The minimum absolute atomic E-state index is 0.0142. The first-order valence-corrected chi connectivity index (χ1v) is 8.53. The number of aryl methyl sites for hydroxylation is 2. The van der Waals surface area contributed by atoms with E-state index in [-0.39, 0.29) is 11.4 Å². The van der Waals surface area contributed by atoms with Crippen molar-refractivity contribution in [1.82, 2.24) is 10.2 Å². The molecule has 2 unspecified atom stereocenters. The van der Waals surface area contributed by atoms with Crippen molar-refractivity contribution in [2.75, 3.05) is 19.6 Å². The molecule has 20 heavy (non-hydrogen) atoms. The highest BCUT2D eigenvalue weighted by atomic mass is 32.1. The molecule has 0 saturated carbocycles. The number of nitrogens with zero attached hydrogens (tertiary/aromatic N) is 1. The zero-order chi connectivity index (χ0) is 13.9. The van der Waals surface area contributed by atoms with Crippen molar-refractivity contribution in [1.29, 1.82) is 0 Å². The van der Waals surface area contributed by atoms with E-state index in [0.717, 1.165) is 30.9 Å². The Hall–Kier alpha value is -0.870. The summed E-state index contributed by atoms with van der Waals surface area (Å²) in [5.74, 6) is 1.52. The molecule has 3 aliphatic rings. The fourth-order valence-electron chi connectivity index (χ4n) is 4.33. The summed E-state index contributed by atoms with van der Waals surface area (Å²) in [4.78, 5) is 17.5. The molecule has 1 aromatic rings. The average molecular weight is 290 g/mol. The summed E-state index contributed by atoms with van der Waals surface area (Å²) in [7, 11) is 0. The van der Waals surface area contributed by atoms with Crippen molar-refractivity contribution in [3.05, 3.63) is 21.4 Å². The highest BCUT2D eigenvalue weighted by Gasteiger charge is 2.51. The van der Waals surface area contributed by atoms with E-state index < -0.39 is 0 Å². The number of hydrogen-bond acceptors (Lipinski definition) is 3. The van der Waals surface area contributed by atoms with Gasteiger partial charge < -0.3 is 10.2 Å². The highest BCUT2D eigenvalue weighted by Crippen LogP contribution is 2.42. The van der Waals surface area contributed by atoms with Gasteiger partial charge in [-0.15, -0.1) is 11.3 Å². The number of carbonyl (C=O) groups is 1. The number of nitrogens with one attached hydrogen (secondary N) is 1. The van der Waals surface area contributed by atoms with Crippen LogP contribution in [0.2, 0.25) is 0 Å². The first-order valence-electron chi connectivity index (χ1n) is 7.71. The third-order valence-electron chi connectivity index (χ3n) is 5.56. The van der Waals surface area contributed by atoms with Crippen molar-refractivity contribution in [2.45, 2.75) is 38.6 Å². The van der Waals surface area contributed by atoms with E-state index in [9.17, 15) is 4.79 Å². The fraction of sp³-hybridized carbons (Fsp3) is 0.688. The second kappa shape index (κ2) is 4.31. The molecule has 4 heteroatoms. The van der Waals surface area contributed by atoms with Crippen molar-refractivity contribution in [3.63, 3.8) is 0 Å². The van der Waals surface area contributed by atoms with Gasteiger partial charge in [0.05, 0.1) is 4.88 Å². The molecule has 2 saturated heterocycles. The van der Waals surface area contributed by atoms with E-state index in [4.69, 9.17) is 0 Å². The fourth-order valence-corrected chi connectivity index (χ4v) is 5.54. The van der Waals surface area contributed by atoms with Crippen molar-refractivity contribution in [2.24, 2.45) is 11.8 Å². The number of thiophene rings is 1. The van der Waals surface area contributed by atoms with Gasteiger partial charge in [-0.05, 0) is 56.6 Å². The summed E-state index contributed by atoms with van der Waals surface area (Å²) in [6.07, 6.45) is 3.60. The smallest absolute Gasteiger partial charge is 0.264 e. The van der Waals surface area contributed by atoms with Crippen molar-refractivity contribution in [3.8, 4) is 0 Å². The standard InChI is InChI=1S/C16H22N2OS/c1-16(2)12-8-17-7-11(12)9-18(16)15(19)14-6-10-4-3-5-13(10)20-14/h6,11-12,17H,3-5,7-9H2,1-2H3. The Labute approximate surface area is 124 Å². The molecule has 0 radical (unpaired) electrons. The molecule has 4 rings (SSSR count). The number of likely N-dealkylation sites (tertiary alicyclic amines) is 1. The molecule has 3 heterocycles. The lowest BCUT2D eigenvalue weighted by molar-refractivity contribution is 0.0608. The van der Waals surface area contributed by atoms with Crippen LogP contribution in [0.1, 0.15) is 40.4 Å². The maximum absolute atomic E-state index is 12.9. The lowest BCUT2D eigenvalue weighted by atomic mass is 9.85. The maximum Gasteiger partial charge on any atom is 0.264 e. The molecule has 2 aliphatic heterocycles. The van der Waals surface area contributed by atoms with Crippen molar-refractivity contribution < 1.29 is 4.79 Å².